The number of rotatable bonds is 4. The minimum Gasteiger partial charge on any atom is -0.496 e. The Hall–Kier alpha value is -0.870. The van der Waals surface area contributed by atoms with Crippen LogP contribution >= 0.6 is 0 Å². The van der Waals surface area contributed by atoms with Crippen molar-refractivity contribution < 1.29 is 8.95 Å². The van der Waals surface area contributed by atoms with Crippen molar-refractivity contribution in [3.8, 4) is 5.75 Å². The molecule has 1 atom stereocenters. The van der Waals surface area contributed by atoms with Crippen LogP contribution in [0, 0.1) is 0 Å². The van der Waals surface area contributed by atoms with Crippen molar-refractivity contribution in [1.82, 2.24) is 0 Å². The highest BCUT2D eigenvalue weighted by molar-refractivity contribution is 7.83. The van der Waals surface area contributed by atoms with Gasteiger partial charge in [0.2, 0.25) is 0 Å². The van der Waals surface area contributed by atoms with Crippen molar-refractivity contribution in [2.45, 2.75) is 12.3 Å². The largest absolute Gasteiger partial charge is 0.496 e. The quantitative estimate of drug-likeness (QED) is 0.812. The lowest BCUT2D eigenvalue weighted by Gasteiger charge is -2.08. The molecule has 0 radical (unpaired) electrons. The molecule has 0 fully saturated rings. The molecule has 0 spiro atoms. The molecule has 0 heterocycles. The van der Waals surface area contributed by atoms with E-state index in [1.807, 2.05) is 18.2 Å². The Labute approximate surface area is 86.7 Å². The number of hydrogen-bond acceptors (Lipinski definition) is 3. The standard InChI is InChI=1S/C10H15NO2S/c1-13-10-5-8(7-14(2)12)3-4-9(10)6-11/h3-5H,6-7,11H2,1-2H3. The molecule has 1 aromatic rings. The van der Waals surface area contributed by atoms with Crippen molar-refractivity contribution in [3.63, 3.8) is 0 Å². The summed E-state index contributed by atoms with van der Waals surface area (Å²) in [5.41, 5.74) is 7.52. The minimum atomic E-state index is -0.822. The van der Waals surface area contributed by atoms with E-state index in [1.54, 1.807) is 13.4 Å². The van der Waals surface area contributed by atoms with Gasteiger partial charge in [0.05, 0.1) is 7.11 Å². The van der Waals surface area contributed by atoms with Crippen LogP contribution in [0.3, 0.4) is 0 Å². The first-order valence-electron chi connectivity index (χ1n) is 4.33. The van der Waals surface area contributed by atoms with E-state index < -0.39 is 10.8 Å². The SMILES string of the molecule is COc1cc(CS(C)=O)ccc1CN. The van der Waals surface area contributed by atoms with E-state index in [2.05, 4.69) is 0 Å². The fourth-order valence-corrected chi connectivity index (χ4v) is 1.93. The van der Waals surface area contributed by atoms with Gasteiger partial charge in [-0.25, -0.2) is 0 Å². The molecule has 1 aromatic carbocycles. The van der Waals surface area contributed by atoms with Crippen LogP contribution < -0.4 is 10.5 Å². The molecule has 0 bridgehead atoms. The zero-order chi connectivity index (χ0) is 10.6. The first kappa shape index (κ1) is 11.2. The predicted octanol–water partition coefficient (Wildman–Crippen LogP) is 1.03. The molecule has 2 N–H and O–H groups in total. The second-order valence-corrected chi connectivity index (χ2v) is 4.50. The third-order valence-corrected chi connectivity index (χ3v) is 2.68. The maximum absolute atomic E-state index is 11.0. The van der Waals surface area contributed by atoms with Crippen LogP contribution in [0.1, 0.15) is 11.1 Å². The Bertz CT molecular complexity index is 339. The zero-order valence-electron chi connectivity index (χ0n) is 8.45. The molecule has 14 heavy (non-hydrogen) atoms. The van der Waals surface area contributed by atoms with Gasteiger partial charge in [0, 0.05) is 34.9 Å². The van der Waals surface area contributed by atoms with E-state index in [0.29, 0.717) is 12.3 Å². The van der Waals surface area contributed by atoms with Gasteiger partial charge in [-0.2, -0.15) is 0 Å². The zero-order valence-corrected chi connectivity index (χ0v) is 9.26. The number of methoxy groups -OCH3 is 1. The lowest BCUT2D eigenvalue weighted by molar-refractivity contribution is 0.409. The Morgan fingerprint density at radius 2 is 2.21 bits per heavy atom. The summed E-state index contributed by atoms with van der Waals surface area (Å²) < 4.78 is 16.2. The van der Waals surface area contributed by atoms with Gasteiger partial charge in [0.1, 0.15) is 5.75 Å². The topological polar surface area (TPSA) is 52.3 Å². The van der Waals surface area contributed by atoms with Gasteiger partial charge >= 0.3 is 0 Å². The summed E-state index contributed by atoms with van der Waals surface area (Å²) in [4.78, 5) is 0. The highest BCUT2D eigenvalue weighted by atomic mass is 32.2. The molecular formula is C10H15NO2S. The summed E-state index contributed by atoms with van der Waals surface area (Å²) in [5.74, 6) is 1.33. The van der Waals surface area contributed by atoms with Crippen LogP contribution in [0.4, 0.5) is 0 Å². The molecule has 0 aliphatic heterocycles. The van der Waals surface area contributed by atoms with Crippen LogP contribution in [0.5, 0.6) is 5.75 Å². The Balaban J connectivity index is 2.95. The van der Waals surface area contributed by atoms with Gasteiger partial charge in [0.25, 0.3) is 0 Å². The molecule has 3 nitrogen and oxygen atoms in total. The normalized spacial score (nSPS) is 12.5. The number of ether oxygens (including phenoxy) is 1. The second kappa shape index (κ2) is 5.12. The molecule has 0 aliphatic rings. The third-order valence-electron chi connectivity index (χ3n) is 1.94. The van der Waals surface area contributed by atoms with Crippen molar-refractivity contribution in [1.29, 1.82) is 0 Å². The lowest BCUT2D eigenvalue weighted by atomic mass is 10.1. The number of hydrogen-bond donors (Lipinski definition) is 1. The Kier molecular flexibility index (Phi) is 4.10. The predicted molar refractivity (Wildman–Crippen MR) is 58.7 cm³/mol. The van der Waals surface area contributed by atoms with Gasteiger partial charge in [-0.15, -0.1) is 0 Å². The average Bonchev–Trinajstić information content (AvgIpc) is 2.16. The van der Waals surface area contributed by atoms with Crippen LogP contribution in [0.2, 0.25) is 0 Å². The molecule has 0 saturated carbocycles. The van der Waals surface area contributed by atoms with Crippen molar-refractivity contribution >= 4 is 10.8 Å². The summed E-state index contributed by atoms with van der Waals surface area (Å²) in [5, 5.41) is 0. The Morgan fingerprint density at radius 1 is 1.50 bits per heavy atom. The highest BCUT2D eigenvalue weighted by Gasteiger charge is 2.03. The highest BCUT2D eigenvalue weighted by Crippen LogP contribution is 2.20. The second-order valence-electron chi connectivity index (χ2n) is 3.07. The summed E-state index contributed by atoms with van der Waals surface area (Å²) in [6, 6.07) is 5.75. The van der Waals surface area contributed by atoms with Crippen LogP contribution in [-0.4, -0.2) is 17.6 Å². The van der Waals surface area contributed by atoms with E-state index in [4.69, 9.17) is 10.5 Å². The van der Waals surface area contributed by atoms with E-state index in [1.165, 1.54) is 0 Å². The number of nitrogens with two attached hydrogens (primary N) is 1. The van der Waals surface area contributed by atoms with Crippen LogP contribution in [-0.2, 0) is 23.1 Å². The summed E-state index contributed by atoms with van der Waals surface area (Å²) in [6.45, 7) is 0.457. The number of benzene rings is 1. The third kappa shape index (κ3) is 2.82. The molecule has 78 valence electrons. The van der Waals surface area contributed by atoms with Gasteiger partial charge < -0.3 is 10.5 Å². The molecule has 0 saturated heterocycles. The van der Waals surface area contributed by atoms with Crippen LogP contribution in [0.25, 0.3) is 0 Å². The molecular weight excluding hydrogens is 198 g/mol. The molecule has 1 unspecified atom stereocenters. The summed E-state index contributed by atoms with van der Waals surface area (Å²) >= 11 is 0. The van der Waals surface area contributed by atoms with Crippen LogP contribution in [0.15, 0.2) is 18.2 Å². The minimum absolute atomic E-state index is 0.457. The van der Waals surface area contributed by atoms with Crippen molar-refractivity contribution in [3.05, 3.63) is 29.3 Å². The van der Waals surface area contributed by atoms with Gasteiger partial charge in [-0.1, -0.05) is 12.1 Å². The molecule has 0 amide bonds. The maximum atomic E-state index is 11.0. The first-order chi connectivity index (χ1) is 6.67. The summed E-state index contributed by atoms with van der Waals surface area (Å²) in [7, 11) is 0.790. The van der Waals surface area contributed by atoms with E-state index in [9.17, 15) is 4.21 Å². The maximum Gasteiger partial charge on any atom is 0.123 e. The van der Waals surface area contributed by atoms with Crippen molar-refractivity contribution in [2.24, 2.45) is 5.73 Å². The fraction of sp³-hybridized carbons (Fsp3) is 0.400. The van der Waals surface area contributed by atoms with Crippen molar-refractivity contribution in [2.75, 3.05) is 13.4 Å². The van der Waals surface area contributed by atoms with Gasteiger partial charge in [-0.3, -0.25) is 4.21 Å². The molecule has 4 heteroatoms. The lowest BCUT2D eigenvalue weighted by Crippen LogP contribution is -2.01. The van der Waals surface area contributed by atoms with Gasteiger partial charge in [0.15, 0.2) is 0 Å². The van der Waals surface area contributed by atoms with E-state index >= 15 is 0 Å². The first-order valence-corrected chi connectivity index (χ1v) is 6.06. The fourth-order valence-electron chi connectivity index (χ4n) is 1.28. The smallest absolute Gasteiger partial charge is 0.123 e. The average molecular weight is 213 g/mol. The monoisotopic (exact) mass is 213 g/mol. The Morgan fingerprint density at radius 3 is 2.71 bits per heavy atom. The molecule has 0 aromatic heterocycles. The summed E-state index contributed by atoms with van der Waals surface area (Å²) in [6.07, 6.45) is 1.68. The van der Waals surface area contributed by atoms with E-state index in [0.717, 1.165) is 16.9 Å². The van der Waals surface area contributed by atoms with E-state index in [-0.39, 0.29) is 0 Å². The van der Waals surface area contributed by atoms with Gasteiger partial charge in [-0.05, 0) is 11.6 Å². The molecule has 0 aliphatic carbocycles. The molecule has 1 rings (SSSR count).